The van der Waals surface area contributed by atoms with Crippen LogP contribution in [0.5, 0.6) is 0 Å². The van der Waals surface area contributed by atoms with Crippen molar-refractivity contribution in [3.8, 4) is 32.7 Å². The Balaban J connectivity index is 0.000000145. The molecule has 0 amide bonds. The Labute approximate surface area is 265 Å². The Hall–Kier alpha value is -3.24. The Morgan fingerprint density at radius 3 is 1.45 bits per heavy atom. The van der Waals surface area contributed by atoms with Gasteiger partial charge in [-0.15, -0.1) is 22.7 Å². The summed E-state index contributed by atoms with van der Waals surface area (Å²) in [5.41, 5.74) is 9.71. The maximum atomic E-state index is 2.26. The fraction of sp³-hybridized carbons (Fsp3) is 0.231. The lowest BCUT2D eigenvalue weighted by Crippen LogP contribution is -1.86. The summed E-state index contributed by atoms with van der Waals surface area (Å²) in [6.07, 6.45) is 0. The van der Waals surface area contributed by atoms with E-state index in [-0.39, 0.29) is 0 Å². The van der Waals surface area contributed by atoms with Gasteiger partial charge in [-0.2, -0.15) is 11.3 Å². The Kier molecular flexibility index (Phi) is 12.0. The van der Waals surface area contributed by atoms with Gasteiger partial charge in [-0.3, -0.25) is 0 Å². The van der Waals surface area contributed by atoms with E-state index in [1.54, 1.807) is 11.3 Å². The van der Waals surface area contributed by atoms with Gasteiger partial charge in [-0.05, 0) is 90.4 Å². The highest BCUT2D eigenvalue weighted by atomic mass is 32.1. The third-order valence-corrected chi connectivity index (χ3v) is 10.0. The van der Waals surface area contributed by atoms with Crippen molar-refractivity contribution in [1.29, 1.82) is 0 Å². The molecule has 0 aliphatic carbocycles. The summed E-state index contributed by atoms with van der Waals surface area (Å²) in [4.78, 5) is 2.90. The standard InChI is InChI=1S/3C13H14S/c1-10(2)12-8-14-9-13(12)11-6-4-3-5-7-11;1-10(2)13-12(8-9-14-13)11-6-4-3-5-7-11;1-10(2)12-8-9-14-13(12)11-6-4-3-5-7-11/h3*3-10H,1-2H3. The average molecular weight is 607 g/mol. The van der Waals surface area contributed by atoms with E-state index in [4.69, 9.17) is 0 Å². The molecule has 3 aromatic heterocycles. The van der Waals surface area contributed by atoms with Gasteiger partial charge < -0.3 is 0 Å². The first-order chi connectivity index (χ1) is 20.4. The first kappa shape index (κ1) is 31.7. The summed E-state index contributed by atoms with van der Waals surface area (Å²) in [6, 6.07) is 36.3. The third-order valence-electron chi connectivity index (χ3n) is 7.06. The summed E-state index contributed by atoms with van der Waals surface area (Å²) in [7, 11) is 0. The predicted molar refractivity (Wildman–Crippen MR) is 192 cm³/mol. The lowest BCUT2D eigenvalue weighted by Gasteiger charge is -2.06. The van der Waals surface area contributed by atoms with Crippen LogP contribution in [0.1, 0.15) is 75.3 Å². The van der Waals surface area contributed by atoms with Crippen LogP contribution in [-0.4, -0.2) is 0 Å². The van der Waals surface area contributed by atoms with Gasteiger partial charge in [0, 0.05) is 9.75 Å². The maximum Gasteiger partial charge on any atom is 0.0377 e. The fourth-order valence-electron chi connectivity index (χ4n) is 4.83. The summed E-state index contributed by atoms with van der Waals surface area (Å²) in [5.74, 6) is 1.83. The van der Waals surface area contributed by atoms with Crippen LogP contribution in [0.4, 0.5) is 0 Å². The van der Waals surface area contributed by atoms with Crippen LogP contribution in [0.15, 0.2) is 125 Å². The zero-order chi connectivity index (χ0) is 29.9. The van der Waals surface area contributed by atoms with E-state index in [1.165, 1.54) is 48.7 Å². The largest absolute Gasteiger partial charge is 0.151 e. The Morgan fingerprint density at radius 1 is 0.429 bits per heavy atom. The van der Waals surface area contributed by atoms with Gasteiger partial charge >= 0.3 is 0 Å². The van der Waals surface area contributed by atoms with Crippen molar-refractivity contribution in [2.24, 2.45) is 0 Å². The van der Waals surface area contributed by atoms with E-state index in [0.29, 0.717) is 17.8 Å². The molecule has 0 spiro atoms. The van der Waals surface area contributed by atoms with E-state index >= 15 is 0 Å². The van der Waals surface area contributed by atoms with Crippen molar-refractivity contribution >= 4 is 34.0 Å². The minimum Gasteiger partial charge on any atom is -0.151 e. The van der Waals surface area contributed by atoms with Crippen LogP contribution in [0.2, 0.25) is 0 Å². The van der Waals surface area contributed by atoms with Crippen molar-refractivity contribution in [2.45, 2.75) is 59.3 Å². The van der Waals surface area contributed by atoms with E-state index in [1.807, 2.05) is 22.7 Å². The molecule has 42 heavy (non-hydrogen) atoms. The second-order valence-corrected chi connectivity index (χ2v) is 13.8. The van der Waals surface area contributed by atoms with Crippen molar-refractivity contribution in [2.75, 3.05) is 0 Å². The normalized spacial score (nSPS) is 10.8. The number of benzene rings is 3. The molecule has 0 aliphatic heterocycles. The van der Waals surface area contributed by atoms with E-state index in [2.05, 4.69) is 166 Å². The van der Waals surface area contributed by atoms with Crippen LogP contribution in [0.25, 0.3) is 32.7 Å². The van der Waals surface area contributed by atoms with Gasteiger partial charge in [0.05, 0.1) is 0 Å². The monoisotopic (exact) mass is 606 g/mol. The summed E-state index contributed by atoms with van der Waals surface area (Å²) in [5, 5.41) is 8.85. The van der Waals surface area contributed by atoms with E-state index < -0.39 is 0 Å². The molecule has 3 heterocycles. The molecule has 0 atom stereocenters. The number of hydrogen-bond acceptors (Lipinski definition) is 3. The zero-order valence-corrected chi connectivity index (χ0v) is 28.0. The van der Waals surface area contributed by atoms with Gasteiger partial charge in [0.15, 0.2) is 0 Å². The molecule has 0 fully saturated rings. The highest BCUT2D eigenvalue weighted by molar-refractivity contribution is 7.13. The molecule has 3 aromatic carbocycles. The molecular weight excluding hydrogens is 565 g/mol. The SMILES string of the molecule is CC(C)c1ccsc1-c1ccccc1.CC(C)c1cscc1-c1ccccc1.CC(C)c1sccc1-c1ccccc1. The van der Waals surface area contributed by atoms with Crippen molar-refractivity contribution in [1.82, 2.24) is 0 Å². The average Bonchev–Trinajstić information content (AvgIpc) is 3.80. The van der Waals surface area contributed by atoms with Crippen LogP contribution < -0.4 is 0 Å². The topological polar surface area (TPSA) is 0 Å². The van der Waals surface area contributed by atoms with Crippen molar-refractivity contribution in [3.05, 3.63) is 141 Å². The van der Waals surface area contributed by atoms with Crippen LogP contribution in [-0.2, 0) is 0 Å². The fourth-order valence-corrected chi connectivity index (χ4v) is 7.85. The molecule has 6 rings (SSSR count). The lowest BCUT2D eigenvalue weighted by molar-refractivity contribution is 0.874. The highest BCUT2D eigenvalue weighted by Crippen LogP contribution is 2.35. The second-order valence-electron chi connectivity index (χ2n) is 11.2. The van der Waals surface area contributed by atoms with Gasteiger partial charge in [-0.1, -0.05) is 133 Å². The van der Waals surface area contributed by atoms with Crippen LogP contribution in [0.3, 0.4) is 0 Å². The molecule has 0 bridgehead atoms. The van der Waals surface area contributed by atoms with Crippen LogP contribution >= 0.6 is 34.0 Å². The minimum absolute atomic E-state index is 0.608. The maximum absolute atomic E-state index is 2.26. The molecule has 0 saturated heterocycles. The first-order valence-corrected chi connectivity index (χ1v) is 17.4. The zero-order valence-electron chi connectivity index (χ0n) is 25.6. The summed E-state index contributed by atoms with van der Waals surface area (Å²) >= 11 is 5.47. The third kappa shape index (κ3) is 8.41. The van der Waals surface area contributed by atoms with Gasteiger partial charge in [-0.25, -0.2) is 0 Å². The van der Waals surface area contributed by atoms with Gasteiger partial charge in [0.1, 0.15) is 0 Å². The van der Waals surface area contributed by atoms with Crippen LogP contribution in [0, 0.1) is 0 Å². The number of hydrogen-bond donors (Lipinski definition) is 0. The molecule has 6 aromatic rings. The smallest absolute Gasteiger partial charge is 0.0377 e. The lowest BCUT2D eigenvalue weighted by atomic mass is 9.97. The minimum atomic E-state index is 0.608. The van der Waals surface area contributed by atoms with E-state index in [9.17, 15) is 0 Å². The molecule has 0 saturated carbocycles. The number of thiophene rings is 3. The van der Waals surface area contributed by atoms with Gasteiger partial charge in [0.2, 0.25) is 0 Å². The van der Waals surface area contributed by atoms with E-state index in [0.717, 1.165) is 0 Å². The molecule has 216 valence electrons. The van der Waals surface area contributed by atoms with Gasteiger partial charge in [0.25, 0.3) is 0 Å². The number of rotatable bonds is 6. The molecule has 0 nitrogen and oxygen atoms in total. The molecule has 3 heteroatoms. The second kappa shape index (κ2) is 15.8. The summed E-state index contributed by atoms with van der Waals surface area (Å²) in [6.45, 7) is 13.5. The molecule has 0 N–H and O–H groups in total. The first-order valence-electron chi connectivity index (χ1n) is 14.7. The Bertz CT molecular complexity index is 1390. The Morgan fingerprint density at radius 2 is 0.929 bits per heavy atom. The molecular formula is C39H42S3. The van der Waals surface area contributed by atoms with Crippen molar-refractivity contribution < 1.29 is 0 Å². The highest BCUT2D eigenvalue weighted by Gasteiger charge is 2.10. The van der Waals surface area contributed by atoms with Crippen molar-refractivity contribution in [3.63, 3.8) is 0 Å². The quantitative estimate of drug-likeness (QED) is 0.177. The predicted octanol–water partition coefficient (Wildman–Crippen LogP) is 13.6. The molecule has 0 aliphatic rings. The molecule has 0 radical (unpaired) electrons. The molecule has 0 unspecified atom stereocenters. The summed E-state index contributed by atoms with van der Waals surface area (Å²) < 4.78 is 0.